The molecule has 0 spiro atoms. The number of nitrogens with zero attached hydrogens (tertiary/aromatic N) is 1. The highest BCUT2D eigenvalue weighted by Gasteiger charge is 1.96. The van der Waals surface area contributed by atoms with E-state index in [4.69, 9.17) is 20.8 Å². The van der Waals surface area contributed by atoms with Gasteiger partial charge in [0.1, 0.15) is 12.4 Å². The molecule has 76 valence electrons. The van der Waals surface area contributed by atoms with Gasteiger partial charge in [-0.05, 0) is 17.7 Å². The lowest BCUT2D eigenvalue weighted by atomic mass is 10.2. The molecular weight excluding hydrogens is 184 g/mol. The Hall–Kier alpha value is -1.75. The molecule has 0 aliphatic carbocycles. The fraction of sp³-hybridized carbons (Fsp3) is 0.222. The molecule has 0 aromatic heterocycles. The standard InChI is InChI=1S/C9H12N2O3/c10-9(11-13)6-14-8-3-1-7(5-12)2-4-8/h1-4,12-13H,5-6H2,(H2,10,11). The van der Waals surface area contributed by atoms with Crippen molar-refractivity contribution < 1.29 is 15.1 Å². The minimum absolute atomic E-state index is 0.000513. The summed E-state index contributed by atoms with van der Waals surface area (Å²) < 4.78 is 5.16. The Labute approximate surface area is 81.4 Å². The molecule has 0 aliphatic heterocycles. The van der Waals surface area contributed by atoms with Crippen LogP contribution in [0, 0.1) is 0 Å². The summed E-state index contributed by atoms with van der Waals surface area (Å²) in [4.78, 5) is 0. The Morgan fingerprint density at radius 1 is 1.36 bits per heavy atom. The molecule has 5 heteroatoms. The summed E-state index contributed by atoms with van der Waals surface area (Å²) >= 11 is 0. The van der Waals surface area contributed by atoms with E-state index in [0.717, 1.165) is 5.56 Å². The summed E-state index contributed by atoms with van der Waals surface area (Å²) in [6.45, 7) is 0.0372. The van der Waals surface area contributed by atoms with Gasteiger partial charge in [-0.15, -0.1) is 0 Å². The second-order valence-corrected chi connectivity index (χ2v) is 2.68. The third-order valence-electron chi connectivity index (χ3n) is 1.62. The van der Waals surface area contributed by atoms with Crippen molar-refractivity contribution in [3.63, 3.8) is 0 Å². The van der Waals surface area contributed by atoms with Crippen LogP contribution in [0.5, 0.6) is 5.75 Å². The van der Waals surface area contributed by atoms with Crippen molar-refractivity contribution in [2.75, 3.05) is 6.61 Å². The van der Waals surface area contributed by atoms with Gasteiger partial charge in [0, 0.05) is 0 Å². The van der Waals surface area contributed by atoms with Gasteiger partial charge in [-0.3, -0.25) is 0 Å². The van der Waals surface area contributed by atoms with E-state index in [1.165, 1.54) is 0 Å². The average Bonchev–Trinajstić information content (AvgIpc) is 2.26. The van der Waals surface area contributed by atoms with Crippen molar-refractivity contribution in [2.45, 2.75) is 6.61 Å². The minimum atomic E-state index is 0.000513. The van der Waals surface area contributed by atoms with Crippen molar-refractivity contribution in [2.24, 2.45) is 10.9 Å². The topological polar surface area (TPSA) is 88.1 Å². The van der Waals surface area contributed by atoms with Crippen LogP contribution >= 0.6 is 0 Å². The van der Waals surface area contributed by atoms with Gasteiger partial charge in [-0.2, -0.15) is 0 Å². The number of nitrogens with two attached hydrogens (primary N) is 1. The Morgan fingerprint density at radius 3 is 2.50 bits per heavy atom. The SMILES string of the molecule is NC(COc1ccc(CO)cc1)=NO. The quantitative estimate of drug-likeness (QED) is 0.280. The number of hydrogen-bond acceptors (Lipinski definition) is 4. The van der Waals surface area contributed by atoms with E-state index in [1.807, 2.05) is 0 Å². The lowest BCUT2D eigenvalue weighted by Gasteiger charge is -2.04. The van der Waals surface area contributed by atoms with Crippen LogP contribution in [0.3, 0.4) is 0 Å². The third kappa shape index (κ3) is 2.95. The van der Waals surface area contributed by atoms with Crippen molar-refractivity contribution in [1.29, 1.82) is 0 Å². The second kappa shape index (κ2) is 5.08. The molecule has 5 nitrogen and oxygen atoms in total. The fourth-order valence-electron chi connectivity index (χ4n) is 0.877. The number of amidine groups is 1. The lowest BCUT2D eigenvalue weighted by Crippen LogP contribution is -2.20. The summed E-state index contributed by atoms with van der Waals surface area (Å²) in [7, 11) is 0. The number of aliphatic hydroxyl groups excluding tert-OH is 1. The van der Waals surface area contributed by atoms with Crippen LogP contribution in [0.1, 0.15) is 5.56 Å². The molecule has 0 atom stereocenters. The van der Waals surface area contributed by atoms with Gasteiger partial charge in [-0.25, -0.2) is 0 Å². The van der Waals surface area contributed by atoms with Crippen LogP contribution in [-0.4, -0.2) is 22.8 Å². The molecule has 1 rings (SSSR count). The third-order valence-corrected chi connectivity index (χ3v) is 1.62. The first-order valence-corrected chi connectivity index (χ1v) is 4.05. The van der Waals surface area contributed by atoms with Crippen molar-refractivity contribution in [1.82, 2.24) is 0 Å². The molecule has 0 aliphatic rings. The summed E-state index contributed by atoms with van der Waals surface area (Å²) in [5.41, 5.74) is 6.02. The van der Waals surface area contributed by atoms with Gasteiger partial charge in [-0.1, -0.05) is 17.3 Å². The van der Waals surface area contributed by atoms with Gasteiger partial charge in [0.25, 0.3) is 0 Å². The highest BCUT2D eigenvalue weighted by atomic mass is 16.5. The first-order valence-electron chi connectivity index (χ1n) is 4.05. The summed E-state index contributed by atoms with van der Waals surface area (Å²) in [6, 6.07) is 6.88. The Bertz CT molecular complexity index is 308. The van der Waals surface area contributed by atoms with E-state index in [1.54, 1.807) is 24.3 Å². The maximum absolute atomic E-state index is 8.77. The zero-order chi connectivity index (χ0) is 10.4. The Morgan fingerprint density at radius 2 is 2.00 bits per heavy atom. The van der Waals surface area contributed by atoms with E-state index >= 15 is 0 Å². The molecule has 1 aromatic rings. The van der Waals surface area contributed by atoms with Gasteiger partial charge in [0.05, 0.1) is 6.61 Å². The van der Waals surface area contributed by atoms with E-state index in [-0.39, 0.29) is 19.0 Å². The molecular formula is C9H12N2O3. The largest absolute Gasteiger partial charge is 0.486 e. The molecule has 0 radical (unpaired) electrons. The average molecular weight is 196 g/mol. The Balaban J connectivity index is 2.52. The molecule has 14 heavy (non-hydrogen) atoms. The summed E-state index contributed by atoms with van der Waals surface area (Å²) in [6.07, 6.45) is 0. The number of ether oxygens (including phenoxy) is 1. The number of oxime groups is 1. The number of aliphatic hydroxyl groups is 1. The van der Waals surface area contributed by atoms with E-state index in [0.29, 0.717) is 5.75 Å². The normalized spacial score (nSPS) is 11.4. The van der Waals surface area contributed by atoms with Crippen LogP contribution < -0.4 is 10.5 Å². The monoisotopic (exact) mass is 196 g/mol. The number of rotatable bonds is 4. The minimum Gasteiger partial charge on any atom is -0.486 e. The highest BCUT2D eigenvalue weighted by Crippen LogP contribution is 2.11. The lowest BCUT2D eigenvalue weighted by molar-refractivity contribution is 0.281. The first kappa shape index (κ1) is 10.3. The van der Waals surface area contributed by atoms with Crippen molar-refractivity contribution in [3.05, 3.63) is 29.8 Å². The van der Waals surface area contributed by atoms with Gasteiger partial charge in [0.15, 0.2) is 5.84 Å². The molecule has 0 heterocycles. The van der Waals surface area contributed by atoms with Crippen LogP contribution in [0.2, 0.25) is 0 Å². The Kier molecular flexibility index (Phi) is 3.75. The zero-order valence-corrected chi connectivity index (χ0v) is 7.55. The predicted molar refractivity (Wildman–Crippen MR) is 51.3 cm³/mol. The number of benzene rings is 1. The van der Waals surface area contributed by atoms with Gasteiger partial charge in [0.2, 0.25) is 0 Å². The predicted octanol–water partition coefficient (Wildman–Crippen LogP) is 0.304. The molecule has 0 saturated heterocycles. The first-order chi connectivity index (χ1) is 6.76. The molecule has 4 N–H and O–H groups in total. The fourth-order valence-corrected chi connectivity index (χ4v) is 0.877. The van der Waals surface area contributed by atoms with E-state index in [2.05, 4.69) is 5.16 Å². The smallest absolute Gasteiger partial charge is 0.177 e. The summed E-state index contributed by atoms with van der Waals surface area (Å²) in [5, 5.41) is 19.8. The van der Waals surface area contributed by atoms with Gasteiger partial charge >= 0.3 is 0 Å². The van der Waals surface area contributed by atoms with Crippen molar-refractivity contribution >= 4 is 5.84 Å². The van der Waals surface area contributed by atoms with Crippen molar-refractivity contribution in [3.8, 4) is 5.75 Å². The molecule has 0 saturated carbocycles. The van der Waals surface area contributed by atoms with Crippen LogP contribution in [0.4, 0.5) is 0 Å². The maximum Gasteiger partial charge on any atom is 0.177 e. The zero-order valence-electron chi connectivity index (χ0n) is 7.55. The molecule has 0 unspecified atom stereocenters. The highest BCUT2D eigenvalue weighted by molar-refractivity contribution is 5.81. The van der Waals surface area contributed by atoms with Crippen LogP contribution in [0.15, 0.2) is 29.4 Å². The van der Waals surface area contributed by atoms with Crippen LogP contribution in [-0.2, 0) is 6.61 Å². The van der Waals surface area contributed by atoms with E-state index < -0.39 is 0 Å². The molecule has 0 amide bonds. The number of hydrogen-bond donors (Lipinski definition) is 3. The molecule has 0 bridgehead atoms. The molecule has 1 aromatic carbocycles. The van der Waals surface area contributed by atoms with Crippen LogP contribution in [0.25, 0.3) is 0 Å². The van der Waals surface area contributed by atoms with E-state index in [9.17, 15) is 0 Å². The summed E-state index contributed by atoms with van der Waals surface area (Å²) in [5.74, 6) is 0.616. The maximum atomic E-state index is 8.77. The molecule has 0 fully saturated rings. The van der Waals surface area contributed by atoms with Gasteiger partial charge < -0.3 is 20.8 Å². The second-order valence-electron chi connectivity index (χ2n) is 2.68.